The van der Waals surface area contributed by atoms with Crippen molar-refractivity contribution in [3.05, 3.63) is 0 Å². The fourth-order valence-corrected chi connectivity index (χ4v) is 10.6. The van der Waals surface area contributed by atoms with Crippen molar-refractivity contribution in [2.75, 3.05) is 6.61 Å². The second-order valence-electron chi connectivity index (χ2n) is 22.3. The summed E-state index contributed by atoms with van der Waals surface area (Å²) in [6.07, 6.45) is 72.9. The largest absolute Gasteiger partial charge is 0.394 e. The third-order valence-corrected chi connectivity index (χ3v) is 15.5. The summed E-state index contributed by atoms with van der Waals surface area (Å²) < 4.78 is 0. The first-order chi connectivity index (χ1) is 33.6. The van der Waals surface area contributed by atoms with Crippen LogP contribution in [0.25, 0.3) is 0 Å². The maximum atomic E-state index is 12.6. The van der Waals surface area contributed by atoms with Crippen LogP contribution in [0.4, 0.5) is 0 Å². The highest BCUT2D eigenvalue weighted by Crippen LogP contribution is 2.19. The summed E-state index contributed by atoms with van der Waals surface area (Å²) in [7, 11) is 0. The Morgan fingerprint density at radius 1 is 0.309 bits per heavy atom. The van der Waals surface area contributed by atoms with E-state index in [0.29, 0.717) is 12.8 Å². The minimum Gasteiger partial charge on any atom is -0.394 e. The van der Waals surface area contributed by atoms with Crippen LogP contribution in [0.5, 0.6) is 0 Å². The molecule has 5 nitrogen and oxygen atoms in total. The van der Waals surface area contributed by atoms with Gasteiger partial charge in [-0.3, -0.25) is 4.79 Å². The zero-order valence-corrected chi connectivity index (χ0v) is 46.8. The van der Waals surface area contributed by atoms with Gasteiger partial charge in [0.25, 0.3) is 0 Å². The number of aliphatic hydroxyl groups excluding tert-OH is 3. The molecule has 0 heterocycles. The molecule has 0 aliphatic rings. The standard InChI is InChI=1S/C63H127NO4/c1-3-5-7-9-11-13-15-17-19-21-23-25-27-28-29-30-31-32-33-34-36-38-40-42-44-46-48-50-52-54-56-58-62(67)64-60(59-65)63(68)61(66)57-55-53-51-49-47-45-43-41-39-37-35-26-24-22-20-18-16-14-12-10-8-6-4-2/h60-61,63,65-66,68H,3-59H2,1-2H3,(H,64,67). The predicted molar refractivity (Wildman–Crippen MR) is 301 cm³/mol. The van der Waals surface area contributed by atoms with Crippen LogP contribution in [0, 0.1) is 0 Å². The molecule has 4 N–H and O–H groups in total. The second kappa shape index (κ2) is 58.9. The Bertz CT molecular complexity index is 929. The molecule has 1 amide bonds. The highest BCUT2D eigenvalue weighted by atomic mass is 16.3. The van der Waals surface area contributed by atoms with Crippen LogP contribution in [0.3, 0.4) is 0 Å². The van der Waals surface area contributed by atoms with Crippen molar-refractivity contribution in [3.63, 3.8) is 0 Å². The molecule has 3 atom stereocenters. The summed E-state index contributed by atoms with van der Waals surface area (Å²) in [5, 5.41) is 33.9. The Morgan fingerprint density at radius 3 is 0.706 bits per heavy atom. The molecule has 0 spiro atoms. The van der Waals surface area contributed by atoms with E-state index in [4.69, 9.17) is 0 Å². The number of aliphatic hydroxyl groups is 3. The van der Waals surface area contributed by atoms with Gasteiger partial charge in [0, 0.05) is 6.42 Å². The van der Waals surface area contributed by atoms with Crippen LogP contribution in [0.2, 0.25) is 0 Å². The van der Waals surface area contributed by atoms with E-state index >= 15 is 0 Å². The highest BCUT2D eigenvalue weighted by molar-refractivity contribution is 5.76. The van der Waals surface area contributed by atoms with Gasteiger partial charge in [0.1, 0.15) is 6.10 Å². The van der Waals surface area contributed by atoms with Crippen molar-refractivity contribution in [2.24, 2.45) is 0 Å². The smallest absolute Gasteiger partial charge is 0.220 e. The molecule has 0 radical (unpaired) electrons. The van der Waals surface area contributed by atoms with Gasteiger partial charge in [-0.05, 0) is 12.8 Å². The summed E-state index contributed by atoms with van der Waals surface area (Å²) in [6.45, 7) is 4.24. The molecule has 408 valence electrons. The number of amides is 1. The molecule has 5 heteroatoms. The topological polar surface area (TPSA) is 89.8 Å². The van der Waals surface area contributed by atoms with Gasteiger partial charge in [-0.25, -0.2) is 0 Å². The quantitative estimate of drug-likeness (QED) is 0.0457. The fourth-order valence-electron chi connectivity index (χ4n) is 10.6. The number of unbranched alkanes of at least 4 members (excludes halogenated alkanes) is 52. The van der Waals surface area contributed by atoms with E-state index in [9.17, 15) is 20.1 Å². The van der Waals surface area contributed by atoms with Crippen molar-refractivity contribution in [1.29, 1.82) is 0 Å². The molecule has 0 aromatic rings. The van der Waals surface area contributed by atoms with Gasteiger partial charge in [-0.1, -0.05) is 354 Å². The van der Waals surface area contributed by atoms with E-state index in [2.05, 4.69) is 19.2 Å². The van der Waals surface area contributed by atoms with Gasteiger partial charge in [-0.2, -0.15) is 0 Å². The normalized spacial score (nSPS) is 13.1. The lowest BCUT2D eigenvalue weighted by Gasteiger charge is -2.26. The van der Waals surface area contributed by atoms with E-state index in [1.54, 1.807) is 0 Å². The van der Waals surface area contributed by atoms with Crippen LogP contribution >= 0.6 is 0 Å². The van der Waals surface area contributed by atoms with Crippen LogP contribution in [0.1, 0.15) is 373 Å². The molecule has 0 fully saturated rings. The van der Waals surface area contributed by atoms with Gasteiger partial charge in [0.15, 0.2) is 0 Å². The maximum Gasteiger partial charge on any atom is 0.220 e. The van der Waals surface area contributed by atoms with Gasteiger partial charge in [-0.15, -0.1) is 0 Å². The first-order valence-corrected chi connectivity index (χ1v) is 31.8. The summed E-state index contributed by atoms with van der Waals surface area (Å²) in [5.41, 5.74) is 0. The van der Waals surface area contributed by atoms with Crippen LogP contribution in [-0.4, -0.2) is 46.1 Å². The van der Waals surface area contributed by atoms with Crippen LogP contribution in [-0.2, 0) is 4.79 Å². The monoisotopic (exact) mass is 962 g/mol. The Labute approximate surface area is 427 Å². The van der Waals surface area contributed by atoms with Gasteiger partial charge < -0.3 is 20.6 Å². The van der Waals surface area contributed by atoms with E-state index in [1.165, 1.54) is 315 Å². The molecule has 0 aromatic heterocycles. The zero-order chi connectivity index (χ0) is 49.3. The summed E-state index contributed by atoms with van der Waals surface area (Å²) >= 11 is 0. The molecule has 68 heavy (non-hydrogen) atoms. The number of nitrogens with one attached hydrogen (secondary N) is 1. The lowest BCUT2D eigenvalue weighted by Crippen LogP contribution is -2.50. The van der Waals surface area contributed by atoms with Crippen molar-refractivity contribution in [3.8, 4) is 0 Å². The molecule has 0 aliphatic heterocycles. The predicted octanol–water partition coefficient (Wildman–Crippen LogP) is 20.1. The molecule has 0 saturated carbocycles. The molecule has 0 bridgehead atoms. The van der Waals surface area contributed by atoms with E-state index in [0.717, 1.165) is 32.1 Å². The average molecular weight is 963 g/mol. The maximum absolute atomic E-state index is 12.6. The van der Waals surface area contributed by atoms with Gasteiger partial charge in [0.05, 0.1) is 18.8 Å². The lowest BCUT2D eigenvalue weighted by atomic mass is 9.99. The molecule has 0 aliphatic carbocycles. The molecule has 3 unspecified atom stereocenters. The third kappa shape index (κ3) is 53.2. The lowest BCUT2D eigenvalue weighted by molar-refractivity contribution is -0.124. The summed E-state index contributed by atoms with van der Waals surface area (Å²) in [6, 6.07) is -0.805. The molecular formula is C63H127NO4. The summed E-state index contributed by atoms with van der Waals surface area (Å²) in [5.74, 6) is -0.134. The molecular weight excluding hydrogens is 835 g/mol. The number of hydrogen-bond acceptors (Lipinski definition) is 4. The Balaban J connectivity index is 3.45. The summed E-state index contributed by atoms with van der Waals surface area (Å²) in [4.78, 5) is 12.6. The molecule has 0 aromatic carbocycles. The van der Waals surface area contributed by atoms with Gasteiger partial charge >= 0.3 is 0 Å². The van der Waals surface area contributed by atoms with Crippen LogP contribution in [0.15, 0.2) is 0 Å². The fraction of sp³-hybridized carbons (Fsp3) is 0.984. The van der Waals surface area contributed by atoms with Crippen molar-refractivity contribution < 1.29 is 20.1 Å². The van der Waals surface area contributed by atoms with Crippen molar-refractivity contribution >= 4 is 5.91 Å². The Kier molecular flexibility index (Phi) is 58.4. The SMILES string of the molecule is CCCCCCCCCCCCCCCCCCCCCCCCCCCCCCCCCC(=O)NC(CO)C(O)C(O)CCCCCCCCCCCCCCCCCCCCCCCCC. The average Bonchev–Trinajstić information content (AvgIpc) is 3.34. The first kappa shape index (κ1) is 67.3. The number of hydrogen-bond donors (Lipinski definition) is 4. The van der Waals surface area contributed by atoms with Crippen molar-refractivity contribution in [2.45, 2.75) is 392 Å². The molecule has 0 rings (SSSR count). The number of rotatable bonds is 60. The zero-order valence-electron chi connectivity index (χ0n) is 46.8. The van der Waals surface area contributed by atoms with Gasteiger partial charge in [0.2, 0.25) is 5.91 Å². The van der Waals surface area contributed by atoms with E-state index in [1.807, 2.05) is 0 Å². The number of carbonyl (C=O) groups excluding carboxylic acids is 1. The Hall–Kier alpha value is -0.650. The number of carbonyl (C=O) groups is 1. The van der Waals surface area contributed by atoms with E-state index in [-0.39, 0.29) is 12.5 Å². The third-order valence-electron chi connectivity index (χ3n) is 15.5. The van der Waals surface area contributed by atoms with E-state index < -0.39 is 18.2 Å². The second-order valence-corrected chi connectivity index (χ2v) is 22.3. The first-order valence-electron chi connectivity index (χ1n) is 31.8. The highest BCUT2D eigenvalue weighted by Gasteiger charge is 2.26. The Morgan fingerprint density at radius 2 is 0.500 bits per heavy atom. The minimum atomic E-state index is -1.13. The molecule has 0 saturated heterocycles. The van der Waals surface area contributed by atoms with Crippen LogP contribution < -0.4 is 5.32 Å². The van der Waals surface area contributed by atoms with Crippen molar-refractivity contribution in [1.82, 2.24) is 5.32 Å². The minimum absolute atomic E-state index is 0.134.